The summed E-state index contributed by atoms with van der Waals surface area (Å²) in [6, 6.07) is 3.05. The fraction of sp³-hybridized carbons (Fsp3) is 0.429. The summed E-state index contributed by atoms with van der Waals surface area (Å²) in [6.45, 7) is 0. The number of rotatable bonds is 3. The van der Waals surface area contributed by atoms with E-state index in [1.807, 2.05) is 0 Å². The summed E-state index contributed by atoms with van der Waals surface area (Å²) in [5, 5.41) is 21.1. The van der Waals surface area contributed by atoms with Crippen molar-refractivity contribution in [1.29, 1.82) is 0 Å². The van der Waals surface area contributed by atoms with Crippen LogP contribution in [0.3, 0.4) is 0 Å². The van der Waals surface area contributed by atoms with Crippen LogP contribution >= 0.6 is 0 Å². The average molecular weight is 281 g/mol. The van der Waals surface area contributed by atoms with Crippen LogP contribution in [0.1, 0.15) is 36.0 Å². The molecular formula is C14H16FNO4. The molecule has 2 rings (SSSR count). The Kier molecular flexibility index (Phi) is 4.22. The Bertz CT molecular complexity index is 524. The molecule has 1 aliphatic rings. The van der Waals surface area contributed by atoms with Gasteiger partial charge in [0.05, 0.1) is 11.5 Å². The standard InChI is InChI=1S/C14H16FNO4/c15-9-3-6-12(17)11(7-9)13(18)16-10-4-1-8(2-5-10)14(19)20/h3,6-8,10,17H,1-2,4-5H2,(H,16,18)(H,19,20). The maximum absolute atomic E-state index is 13.1. The molecule has 0 radical (unpaired) electrons. The van der Waals surface area contributed by atoms with Crippen molar-refractivity contribution in [3.8, 4) is 5.75 Å². The Morgan fingerprint density at radius 3 is 2.45 bits per heavy atom. The molecule has 1 aromatic carbocycles. The molecule has 1 aromatic rings. The van der Waals surface area contributed by atoms with Gasteiger partial charge in [0.25, 0.3) is 5.91 Å². The molecule has 0 aliphatic heterocycles. The Hall–Kier alpha value is -2.11. The van der Waals surface area contributed by atoms with Gasteiger partial charge in [-0.1, -0.05) is 0 Å². The van der Waals surface area contributed by atoms with Crippen molar-refractivity contribution in [1.82, 2.24) is 5.32 Å². The number of carboxylic acids is 1. The van der Waals surface area contributed by atoms with Crippen molar-refractivity contribution in [3.05, 3.63) is 29.6 Å². The fourth-order valence-electron chi connectivity index (χ4n) is 2.44. The van der Waals surface area contributed by atoms with E-state index in [0.717, 1.165) is 18.2 Å². The predicted octanol–water partition coefficient (Wildman–Crippen LogP) is 1.90. The number of hydrogen-bond donors (Lipinski definition) is 3. The summed E-state index contributed by atoms with van der Waals surface area (Å²) in [4.78, 5) is 22.8. The Morgan fingerprint density at radius 2 is 1.85 bits per heavy atom. The zero-order valence-electron chi connectivity index (χ0n) is 10.8. The molecule has 0 saturated heterocycles. The number of nitrogens with one attached hydrogen (secondary N) is 1. The van der Waals surface area contributed by atoms with Crippen molar-refractivity contribution in [3.63, 3.8) is 0 Å². The Morgan fingerprint density at radius 1 is 1.20 bits per heavy atom. The minimum atomic E-state index is -0.808. The van der Waals surface area contributed by atoms with Gasteiger partial charge in [-0.2, -0.15) is 0 Å². The molecule has 1 amide bonds. The topological polar surface area (TPSA) is 86.6 Å². The van der Waals surface area contributed by atoms with Gasteiger partial charge in [0.15, 0.2) is 0 Å². The molecule has 0 aromatic heterocycles. The lowest BCUT2D eigenvalue weighted by Crippen LogP contribution is -2.38. The summed E-state index contributed by atoms with van der Waals surface area (Å²) in [5.74, 6) is -2.57. The first kappa shape index (κ1) is 14.3. The molecule has 3 N–H and O–H groups in total. The van der Waals surface area contributed by atoms with Gasteiger partial charge in [-0.05, 0) is 43.9 Å². The van der Waals surface area contributed by atoms with Crippen LogP contribution in [0, 0.1) is 11.7 Å². The highest BCUT2D eigenvalue weighted by molar-refractivity contribution is 5.97. The molecule has 1 saturated carbocycles. The largest absolute Gasteiger partial charge is 0.507 e. The second kappa shape index (κ2) is 5.90. The zero-order chi connectivity index (χ0) is 14.7. The molecule has 0 bridgehead atoms. The van der Waals surface area contributed by atoms with E-state index in [9.17, 15) is 19.1 Å². The highest BCUT2D eigenvalue weighted by Gasteiger charge is 2.27. The van der Waals surface area contributed by atoms with Gasteiger partial charge < -0.3 is 15.5 Å². The van der Waals surface area contributed by atoms with Crippen LogP contribution in [-0.2, 0) is 4.79 Å². The normalized spacial score (nSPS) is 22.2. The van der Waals surface area contributed by atoms with E-state index < -0.39 is 17.7 Å². The lowest BCUT2D eigenvalue weighted by atomic mass is 9.86. The van der Waals surface area contributed by atoms with Crippen LogP contribution in [0.2, 0.25) is 0 Å². The predicted molar refractivity (Wildman–Crippen MR) is 68.9 cm³/mol. The van der Waals surface area contributed by atoms with Gasteiger partial charge in [0, 0.05) is 6.04 Å². The minimum Gasteiger partial charge on any atom is -0.507 e. The van der Waals surface area contributed by atoms with Crippen LogP contribution in [0.15, 0.2) is 18.2 Å². The molecule has 0 unspecified atom stereocenters. The van der Waals surface area contributed by atoms with Crippen LogP contribution in [-0.4, -0.2) is 28.1 Å². The lowest BCUT2D eigenvalue weighted by molar-refractivity contribution is -0.142. The average Bonchev–Trinajstić information content (AvgIpc) is 2.42. The molecule has 6 heteroatoms. The summed E-state index contributed by atoms with van der Waals surface area (Å²) in [5.41, 5.74) is -0.106. The SMILES string of the molecule is O=C(NC1CCC(C(=O)O)CC1)c1cc(F)ccc1O. The van der Waals surface area contributed by atoms with Gasteiger partial charge >= 0.3 is 5.97 Å². The number of carbonyl (C=O) groups excluding carboxylic acids is 1. The fourth-order valence-corrected chi connectivity index (χ4v) is 2.44. The number of aromatic hydroxyl groups is 1. The summed E-state index contributed by atoms with van der Waals surface area (Å²) >= 11 is 0. The monoisotopic (exact) mass is 281 g/mol. The van der Waals surface area contributed by atoms with Gasteiger partial charge in [-0.3, -0.25) is 9.59 Å². The number of phenolic OH excluding ortho intramolecular Hbond substituents is 1. The molecule has 1 aliphatic carbocycles. The van der Waals surface area contributed by atoms with E-state index >= 15 is 0 Å². The number of benzene rings is 1. The Balaban J connectivity index is 1.96. The second-order valence-corrected chi connectivity index (χ2v) is 5.02. The van der Waals surface area contributed by atoms with Crippen molar-refractivity contribution in [2.45, 2.75) is 31.7 Å². The molecule has 0 atom stereocenters. The van der Waals surface area contributed by atoms with Gasteiger partial charge in [0.2, 0.25) is 0 Å². The number of aliphatic carboxylic acids is 1. The van der Waals surface area contributed by atoms with E-state index in [-0.39, 0.29) is 23.3 Å². The minimum absolute atomic E-state index is 0.106. The third-order valence-electron chi connectivity index (χ3n) is 3.61. The number of halogens is 1. The summed E-state index contributed by atoms with van der Waals surface area (Å²) < 4.78 is 13.1. The smallest absolute Gasteiger partial charge is 0.306 e. The quantitative estimate of drug-likeness (QED) is 0.789. The first-order valence-corrected chi connectivity index (χ1v) is 6.49. The first-order chi connectivity index (χ1) is 9.47. The van der Waals surface area contributed by atoms with E-state index in [1.54, 1.807) is 0 Å². The Labute approximate surface area is 115 Å². The van der Waals surface area contributed by atoms with Gasteiger partial charge in [-0.15, -0.1) is 0 Å². The summed E-state index contributed by atoms with van der Waals surface area (Å²) in [6.07, 6.45) is 2.16. The maximum Gasteiger partial charge on any atom is 0.306 e. The number of amides is 1. The lowest BCUT2D eigenvalue weighted by Gasteiger charge is -2.26. The second-order valence-electron chi connectivity index (χ2n) is 5.02. The molecular weight excluding hydrogens is 265 g/mol. The number of carbonyl (C=O) groups is 2. The third kappa shape index (κ3) is 3.26. The maximum atomic E-state index is 13.1. The van der Waals surface area contributed by atoms with E-state index in [1.165, 1.54) is 0 Å². The van der Waals surface area contributed by atoms with Crippen molar-refractivity contribution in [2.75, 3.05) is 0 Å². The van der Waals surface area contributed by atoms with E-state index in [2.05, 4.69) is 5.32 Å². The molecule has 20 heavy (non-hydrogen) atoms. The van der Waals surface area contributed by atoms with Gasteiger partial charge in [0.1, 0.15) is 11.6 Å². The summed E-state index contributed by atoms with van der Waals surface area (Å²) in [7, 11) is 0. The molecule has 0 spiro atoms. The number of hydrogen-bond acceptors (Lipinski definition) is 3. The van der Waals surface area contributed by atoms with Crippen LogP contribution in [0.5, 0.6) is 5.75 Å². The molecule has 1 fully saturated rings. The van der Waals surface area contributed by atoms with Crippen LogP contribution < -0.4 is 5.32 Å². The zero-order valence-corrected chi connectivity index (χ0v) is 10.8. The van der Waals surface area contributed by atoms with Gasteiger partial charge in [-0.25, -0.2) is 4.39 Å². The number of phenols is 1. The molecule has 5 nitrogen and oxygen atoms in total. The van der Waals surface area contributed by atoms with Crippen molar-refractivity contribution < 1.29 is 24.2 Å². The number of carboxylic acid groups (broad SMARTS) is 1. The van der Waals surface area contributed by atoms with Crippen molar-refractivity contribution in [2.24, 2.45) is 5.92 Å². The van der Waals surface area contributed by atoms with E-state index in [4.69, 9.17) is 5.11 Å². The molecule has 0 heterocycles. The molecule has 108 valence electrons. The highest BCUT2D eigenvalue weighted by Crippen LogP contribution is 2.25. The first-order valence-electron chi connectivity index (χ1n) is 6.49. The van der Waals surface area contributed by atoms with Crippen LogP contribution in [0.25, 0.3) is 0 Å². The highest BCUT2D eigenvalue weighted by atomic mass is 19.1. The van der Waals surface area contributed by atoms with Crippen molar-refractivity contribution >= 4 is 11.9 Å². The van der Waals surface area contributed by atoms with Crippen LogP contribution in [0.4, 0.5) is 4.39 Å². The van der Waals surface area contributed by atoms with E-state index in [0.29, 0.717) is 25.7 Å². The third-order valence-corrected chi connectivity index (χ3v) is 3.61.